The summed E-state index contributed by atoms with van der Waals surface area (Å²) in [5.41, 5.74) is 2.98. The van der Waals surface area contributed by atoms with Gasteiger partial charge in [0.2, 0.25) is 11.8 Å². The SMILES string of the molecule is COc1ccc(NC(C)=O)cc1NC(=O)C1CN(c2cc(-c3ccccc3)ncn2)C1. The van der Waals surface area contributed by atoms with Gasteiger partial charge in [0.15, 0.2) is 0 Å². The third-order valence-corrected chi connectivity index (χ3v) is 5.08. The van der Waals surface area contributed by atoms with Crippen molar-refractivity contribution < 1.29 is 14.3 Å². The summed E-state index contributed by atoms with van der Waals surface area (Å²) in [4.78, 5) is 34.8. The van der Waals surface area contributed by atoms with Gasteiger partial charge in [0, 0.05) is 37.3 Å². The van der Waals surface area contributed by atoms with Crippen LogP contribution in [0.5, 0.6) is 5.75 Å². The van der Waals surface area contributed by atoms with Crippen LogP contribution in [-0.2, 0) is 9.59 Å². The molecule has 0 radical (unpaired) electrons. The first-order chi connectivity index (χ1) is 15.0. The zero-order chi connectivity index (χ0) is 21.8. The number of nitrogens with one attached hydrogen (secondary N) is 2. The molecule has 1 fully saturated rings. The lowest BCUT2D eigenvalue weighted by molar-refractivity contribution is -0.120. The van der Waals surface area contributed by atoms with Crippen LogP contribution in [-0.4, -0.2) is 42.0 Å². The molecule has 0 bridgehead atoms. The van der Waals surface area contributed by atoms with E-state index in [1.807, 2.05) is 41.3 Å². The van der Waals surface area contributed by atoms with Crippen molar-refractivity contribution in [2.45, 2.75) is 6.92 Å². The average molecular weight is 417 g/mol. The number of amides is 2. The van der Waals surface area contributed by atoms with Gasteiger partial charge in [0.25, 0.3) is 0 Å². The van der Waals surface area contributed by atoms with Gasteiger partial charge in [0.1, 0.15) is 17.9 Å². The maximum atomic E-state index is 12.7. The fraction of sp³-hybridized carbons (Fsp3) is 0.217. The predicted octanol–water partition coefficient (Wildman–Crippen LogP) is 3.19. The quantitative estimate of drug-likeness (QED) is 0.640. The molecule has 2 heterocycles. The summed E-state index contributed by atoms with van der Waals surface area (Å²) in [5, 5.41) is 5.62. The highest BCUT2D eigenvalue weighted by atomic mass is 16.5. The van der Waals surface area contributed by atoms with Crippen LogP contribution in [0, 0.1) is 5.92 Å². The molecule has 1 aromatic heterocycles. The van der Waals surface area contributed by atoms with Gasteiger partial charge in [-0.2, -0.15) is 0 Å². The number of rotatable bonds is 6. The van der Waals surface area contributed by atoms with Crippen molar-refractivity contribution in [2.24, 2.45) is 5.92 Å². The van der Waals surface area contributed by atoms with E-state index >= 15 is 0 Å². The Morgan fingerprint density at radius 3 is 2.52 bits per heavy atom. The Hall–Kier alpha value is -3.94. The maximum absolute atomic E-state index is 12.7. The first-order valence-electron chi connectivity index (χ1n) is 9.92. The summed E-state index contributed by atoms with van der Waals surface area (Å²) < 4.78 is 5.33. The molecule has 2 N–H and O–H groups in total. The van der Waals surface area contributed by atoms with Crippen LogP contribution >= 0.6 is 0 Å². The van der Waals surface area contributed by atoms with Gasteiger partial charge < -0.3 is 20.3 Å². The van der Waals surface area contributed by atoms with Crippen molar-refractivity contribution in [1.82, 2.24) is 9.97 Å². The van der Waals surface area contributed by atoms with Crippen LogP contribution in [0.4, 0.5) is 17.2 Å². The summed E-state index contributed by atoms with van der Waals surface area (Å²) in [7, 11) is 1.54. The molecule has 2 amide bonds. The van der Waals surface area contributed by atoms with Gasteiger partial charge in [-0.3, -0.25) is 9.59 Å². The number of hydrogen-bond acceptors (Lipinski definition) is 6. The van der Waals surface area contributed by atoms with E-state index in [1.54, 1.807) is 24.5 Å². The molecule has 0 saturated carbocycles. The number of anilines is 3. The lowest BCUT2D eigenvalue weighted by atomic mass is 9.98. The number of hydrogen-bond donors (Lipinski definition) is 2. The predicted molar refractivity (Wildman–Crippen MR) is 119 cm³/mol. The van der Waals surface area contributed by atoms with Crippen molar-refractivity contribution in [3.05, 3.63) is 60.9 Å². The molecule has 0 aliphatic carbocycles. The van der Waals surface area contributed by atoms with Gasteiger partial charge in [-0.05, 0) is 18.2 Å². The van der Waals surface area contributed by atoms with Gasteiger partial charge in [-0.1, -0.05) is 30.3 Å². The molecule has 4 rings (SSSR count). The second kappa shape index (κ2) is 8.83. The molecule has 158 valence electrons. The smallest absolute Gasteiger partial charge is 0.231 e. The topological polar surface area (TPSA) is 96.5 Å². The highest BCUT2D eigenvalue weighted by Crippen LogP contribution is 2.30. The minimum Gasteiger partial charge on any atom is -0.495 e. The highest BCUT2D eigenvalue weighted by Gasteiger charge is 2.34. The maximum Gasteiger partial charge on any atom is 0.231 e. The number of aromatic nitrogens is 2. The molecule has 2 aromatic carbocycles. The van der Waals surface area contributed by atoms with E-state index in [0.717, 1.165) is 17.1 Å². The van der Waals surface area contributed by atoms with Gasteiger partial charge in [-0.25, -0.2) is 9.97 Å². The number of carbonyl (C=O) groups excluding carboxylic acids is 2. The fourth-order valence-electron chi connectivity index (χ4n) is 3.44. The summed E-state index contributed by atoms with van der Waals surface area (Å²) in [6.07, 6.45) is 1.55. The number of methoxy groups -OCH3 is 1. The molecule has 0 atom stereocenters. The normalized spacial score (nSPS) is 13.3. The molecule has 1 saturated heterocycles. The van der Waals surface area contributed by atoms with E-state index < -0.39 is 0 Å². The number of carbonyl (C=O) groups is 2. The standard InChI is InChI=1S/C23H23N5O3/c1-15(29)26-18-8-9-21(31-2)20(10-18)27-23(30)17-12-28(13-17)22-11-19(24-14-25-22)16-6-4-3-5-7-16/h3-11,14,17H,12-13H2,1-2H3,(H,26,29)(H,27,30). The second-order valence-electron chi connectivity index (χ2n) is 7.31. The molecular weight excluding hydrogens is 394 g/mol. The van der Waals surface area contributed by atoms with E-state index in [2.05, 4.69) is 20.6 Å². The average Bonchev–Trinajstić information content (AvgIpc) is 2.73. The van der Waals surface area contributed by atoms with Gasteiger partial charge in [0.05, 0.1) is 24.4 Å². The Morgan fingerprint density at radius 2 is 1.81 bits per heavy atom. The Bertz CT molecular complexity index is 1100. The molecule has 3 aromatic rings. The summed E-state index contributed by atoms with van der Waals surface area (Å²) in [5.74, 6) is 0.859. The molecule has 31 heavy (non-hydrogen) atoms. The zero-order valence-corrected chi connectivity index (χ0v) is 17.3. The van der Waals surface area contributed by atoms with Crippen molar-refractivity contribution in [3.8, 4) is 17.0 Å². The largest absolute Gasteiger partial charge is 0.495 e. The summed E-state index contributed by atoms with van der Waals surface area (Å²) in [6.45, 7) is 2.55. The molecule has 8 nitrogen and oxygen atoms in total. The Morgan fingerprint density at radius 1 is 1.03 bits per heavy atom. The molecule has 0 spiro atoms. The lowest BCUT2D eigenvalue weighted by Crippen LogP contribution is -2.52. The second-order valence-corrected chi connectivity index (χ2v) is 7.31. The molecule has 0 unspecified atom stereocenters. The molecule has 1 aliphatic heterocycles. The molecule has 8 heteroatoms. The van der Waals surface area contributed by atoms with Gasteiger partial charge >= 0.3 is 0 Å². The third-order valence-electron chi connectivity index (χ3n) is 5.08. The van der Waals surface area contributed by atoms with Crippen molar-refractivity contribution in [3.63, 3.8) is 0 Å². The lowest BCUT2D eigenvalue weighted by Gasteiger charge is -2.39. The van der Waals surface area contributed by atoms with E-state index in [9.17, 15) is 9.59 Å². The Kier molecular flexibility index (Phi) is 5.79. The van der Waals surface area contributed by atoms with Crippen LogP contribution in [0.3, 0.4) is 0 Å². The number of ether oxygens (including phenoxy) is 1. The van der Waals surface area contributed by atoms with Crippen molar-refractivity contribution in [1.29, 1.82) is 0 Å². The molecular formula is C23H23N5O3. The van der Waals surface area contributed by atoms with Gasteiger partial charge in [-0.15, -0.1) is 0 Å². The summed E-state index contributed by atoms with van der Waals surface area (Å²) >= 11 is 0. The Labute approximate surface area is 180 Å². The zero-order valence-electron chi connectivity index (χ0n) is 17.3. The van der Waals surface area contributed by atoms with E-state index in [-0.39, 0.29) is 17.7 Å². The fourth-order valence-corrected chi connectivity index (χ4v) is 3.44. The first kappa shape index (κ1) is 20.3. The first-order valence-corrected chi connectivity index (χ1v) is 9.92. The van der Waals surface area contributed by atoms with Crippen LogP contribution in [0.25, 0.3) is 11.3 Å². The van der Waals surface area contributed by atoms with Crippen LogP contribution in [0.1, 0.15) is 6.92 Å². The van der Waals surface area contributed by atoms with Crippen LogP contribution < -0.4 is 20.3 Å². The van der Waals surface area contributed by atoms with Crippen molar-refractivity contribution >= 4 is 29.0 Å². The molecule has 1 aliphatic rings. The van der Waals surface area contributed by atoms with E-state index in [4.69, 9.17) is 4.74 Å². The third kappa shape index (κ3) is 4.63. The van der Waals surface area contributed by atoms with Crippen LogP contribution in [0.2, 0.25) is 0 Å². The number of benzene rings is 2. The highest BCUT2D eigenvalue weighted by molar-refractivity contribution is 5.97. The summed E-state index contributed by atoms with van der Waals surface area (Å²) in [6, 6.07) is 17.0. The minimum absolute atomic E-state index is 0.105. The van der Waals surface area contributed by atoms with Crippen LogP contribution in [0.15, 0.2) is 60.9 Å². The number of nitrogens with zero attached hydrogens (tertiary/aromatic N) is 3. The monoisotopic (exact) mass is 417 g/mol. The van der Waals surface area contributed by atoms with Crippen molar-refractivity contribution in [2.75, 3.05) is 35.7 Å². The minimum atomic E-state index is -0.184. The van der Waals surface area contributed by atoms with E-state index in [1.165, 1.54) is 14.0 Å². The Balaban J connectivity index is 1.41. The van der Waals surface area contributed by atoms with E-state index in [0.29, 0.717) is 30.2 Å².